The lowest BCUT2D eigenvalue weighted by atomic mass is 9.69. The minimum absolute atomic E-state index is 0.0847. The smallest absolute Gasteiger partial charge is 0.251 e. The summed E-state index contributed by atoms with van der Waals surface area (Å²) in [7, 11) is -3.66. The summed E-state index contributed by atoms with van der Waals surface area (Å²) in [5.74, 6) is 2.00. The topological polar surface area (TPSA) is 88.4 Å². The third kappa shape index (κ3) is 4.90. The Kier molecular flexibility index (Phi) is 6.06. The number of carbonyl (C=O) groups is 1. The maximum Gasteiger partial charge on any atom is 0.251 e. The summed E-state index contributed by atoms with van der Waals surface area (Å²) < 4.78 is 32.4. The van der Waals surface area contributed by atoms with Crippen molar-refractivity contribution in [2.75, 3.05) is 0 Å². The van der Waals surface area contributed by atoms with E-state index in [1.54, 1.807) is 24.3 Å². The Morgan fingerprint density at radius 1 is 1.00 bits per heavy atom. The summed E-state index contributed by atoms with van der Waals surface area (Å²) in [4.78, 5) is 12.8. The first kappa shape index (κ1) is 20.2. The third-order valence-electron chi connectivity index (χ3n) is 6.32. The summed E-state index contributed by atoms with van der Waals surface area (Å²) in [6, 6.07) is 9.72. The van der Waals surface area contributed by atoms with Crippen molar-refractivity contribution in [1.29, 1.82) is 0 Å². The van der Waals surface area contributed by atoms with Crippen LogP contribution in [-0.4, -0.2) is 20.4 Å². The molecule has 1 aromatic carbocycles. The lowest BCUT2D eigenvalue weighted by molar-refractivity contribution is 0.0879. The molecule has 2 fully saturated rings. The lowest BCUT2D eigenvalue weighted by Gasteiger charge is -2.39. The lowest BCUT2D eigenvalue weighted by Crippen LogP contribution is -2.41. The van der Waals surface area contributed by atoms with Crippen LogP contribution in [0.4, 0.5) is 0 Å². The molecular weight excluding hydrogens is 388 g/mol. The number of hydrogen-bond donors (Lipinski definition) is 2. The highest BCUT2D eigenvalue weighted by Crippen LogP contribution is 2.40. The summed E-state index contributed by atoms with van der Waals surface area (Å²) >= 11 is 0. The van der Waals surface area contributed by atoms with Crippen LogP contribution in [0.1, 0.15) is 61.1 Å². The maximum absolute atomic E-state index is 12.6. The zero-order valence-corrected chi connectivity index (χ0v) is 17.3. The second kappa shape index (κ2) is 8.71. The maximum atomic E-state index is 12.6. The minimum atomic E-state index is -3.66. The van der Waals surface area contributed by atoms with E-state index < -0.39 is 10.0 Å². The van der Waals surface area contributed by atoms with Gasteiger partial charge in [-0.2, -0.15) is 0 Å². The number of amides is 1. The Bertz CT molecular complexity index is 922. The SMILES string of the molecule is O=C(N[C@@H]1CC[C@H]2CCCC[C@H]2C1)c1ccc(S(=O)(=O)NCc2ccco2)cc1. The Balaban J connectivity index is 1.34. The number of rotatable bonds is 6. The van der Waals surface area contributed by atoms with E-state index in [2.05, 4.69) is 10.0 Å². The number of furan rings is 1. The van der Waals surface area contributed by atoms with Crippen LogP contribution in [-0.2, 0) is 16.6 Å². The quantitative estimate of drug-likeness (QED) is 0.749. The van der Waals surface area contributed by atoms with Crippen LogP contribution < -0.4 is 10.0 Å². The molecule has 0 radical (unpaired) electrons. The molecule has 1 heterocycles. The van der Waals surface area contributed by atoms with Crippen LogP contribution in [0.2, 0.25) is 0 Å². The molecule has 3 atom stereocenters. The zero-order valence-electron chi connectivity index (χ0n) is 16.5. The van der Waals surface area contributed by atoms with Crippen molar-refractivity contribution < 1.29 is 17.6 Å². The number of benzene rings is 1. The molecule has 2 aliphatic rings. The number of nitrogens with one attached hydrogen (secondary N) is 2. The van der Waals surface area contributed by atoms with Crippen LogP contribution >= 0.6 is 0 Å². The highest BCUT2D eigenvalue weighted by atomic mass is 32.2. The van der Waals surface area contributed by atoms with E-state index in [0.29, 0.717) is 11.3 Å². The van der Waals surface area contributed by atoms with Gasteiger partial charge in [-0.3, -0.25) is 4.79 Å². The van der Waals surface area contributed by atoms with E-state index in [1.165, 1.54) is 50.5 Å². The molecule has 1 amide bonds. The Labute approximate surface area is 172 Å². The van der Waals surface area contributed by atoms with E-state index in [9.17, 15) is 13.2 Å². The largest absolute Gasteiger partial charge is 0.468 e. The van der Waals surface area contributed by atoms with Crippen LogP contribution in [0.5, 0.6) is 0 Å². The van der Waals surface area contributed by atoms with Gasteiger partial charge in [-0.1, -0.05) is 25.7 Å². The van der Waals surface area contributed by atoms with E-state index >= 15 is 0 Å². The van der Waals surface area contributed by atoms with E-state index in [-0.39, 0.29) is 23.4 Å². The summed E-state index contributed by atoms with van der Waals surface area (Å²) in [6.07, 6.45) is 10.1. The monoisotopic (exact) mass is 416 g/mol. The van der Waals surface area contributed by atoms with Crippen molar-refractivity contribution in [2.45, 2.75) is 62.4 Å². The number of carbonyl (C=O) groups excluding carboxylic acids is 1. The van der Waals surface area contributed by atoms with Gasteiger partial charge >= 0.3 is 0 Å². The van der Waals surface area contributed by atoms with Crippen molar-refractivity contribution in [3.05, 3.63) is 54.0 Å². The van der Waals surface area contributed by atoms with Crippen molar-refractivity contribution in [1.82, 2.24) is 10.0 Å². The van der Waals surface area contributed by atoms with Gasteiger partial charge in [0.15, 0.2) is 0 Å². The zero-order chi connectivity index (χ0) is 20.3. The van der Waals surface area contributed by atoms with Crippen molar-refractivity contribution in [3.8, 4) is 0 Å². The molecule has 2 N–H and O–H groups in total. The molecule has 2 aromatic rings. The molecular formula is C22H28N2O4S. The molecule has 0 bridgehead atoms. The van der Waals surface area contributed by atoms with Gasteiger partial charge in [-0.15, -0.1) is 0 Å². The number of hydrogen-bond acceptors (Lipinski definition) is 4. The highest BCUT2D eigenvalue weighted by Gasteiger charge is 2.32. The molecule has 0 unspecified atom stereocenters. The van der Waals surface area contributed by atoms with Crippen LogP contribution in [0, 0.1) is 11.8 Å². The van der Waals surface area contributed by atoms with Gasteiger partial charge in [0.25, 0.3) is 5.91 Å². The molecule has 0 spiro atoms. The van der Waals surface area contributed by atoms with Crippen molar-refractivity contribution in [3.63, 3.8) is 0 Å². The first-order valence-electron chi connectivity index (χ1n) is 10.4. The van der Waals surface area contributed by atoms with Gasteiger partial charge in [0.05, 0.1) is 17.7 Å². The van der Waals surface area contributed by atoms with Crippen molar-refractivity contribution in [2.24, 2.45) is 11.8 Å². The molecule has 0 aliphatic heterocycles. The normalized spacial score (nSPS) is 24.6. The Morgan fingerprint density at radius 3 is 2.48 bits per heavy atom. The Hall–Kier alpha value is -2.12. The van der Waals surface area contributed by atoms with Gasteiger partial charge < -0.3 is 9.73 Å². The van der Waals surface area contributed by atoms with E-state index in [4.69, 9.17) is 4.42 Å². The molecule has 29 heavy (non-hydrogen) atoms. The van der Waals surface area contributed by atoms with Gasteiger partial charge in [-0.25, -0.2) is 13.1 Å². The van der Waals surface area contributed by atoms with Crippen LogP contribution in [0.15, 0.2) is 52.0 Å². The van der Waals surface area contributed by atoms with Gasteiger partial charge in [0.1, 0.15) is 5.76 Å². The first-order valence-corrected chi connectivity index (χ1v) is 11.9. The summed E-state index contributed by atoms with van der Waals surface area (Å²) in [5.41, 5.74) is 0.487. The molecule has 6 nitrogen and oxygen atoms in total. The first-order chi connectivity index (χ1) is 14.0. The number of sulfonamides is 1. The molecule has 1 aromatic heterocycles. The van der Waals surface area contributed by atoms with E-state index in [1.807, 2.05) is 0 Å². The van der Waals surface area contributed by atoms with E-state index in [0.717, 1.165) is 24.7 Å². The average molecular weight is 417 g/mol. The fourth-order valence-electron chi connectivity index (χ4n) is 4.72. The molecule has 2 aliphatic carbocycles. The number of fused-ring (bicyclic) bond motifs is 1. The summed E-state index contributed by atoms with van der Waals surface area (Å²) in [6.45, 7) is 0.0847. The summed E-state index contributed by atoms with van der Waals surface area (Å²) in [5, 5.41) is 3.15. The highest BCUT2D eigenvalue weighted by molar-refractivity contribution is 7.89. The Morgan fingerprint density at radius 2 is 1.76 bits per heavy atom. The second-order valence-corrected chi connectivity index (χ2v) is 9.98. The van der Waals surface area contributed by atoms with Crippen LogP contribution in [0.3, 0.4) is 0 Å². The fourth-order valence-corrected chi connectivity index (χ4v) is 5.71. The second-order valence-electron chi connectivity index (χ2n) is 8.22. The molecule has 4 rings (SSSR count). The van der Waals surface area contributed by atoms with Crippen molar-refractivity contribution >= 4 is 15.9 Å². The fraction of sp³-hybridized carbons (Fsp3) is 0.500. The predicted octanol–water partition coefficient (Wildman–Crippen LogP) is 3.85. The molecule has 7 heteroatoms. The molecule has 156 valence electrons. The average Bonchev–Trinajstić information content (AvgIpc) is 3.26. The molecule has 0 saturated heterocycles. The molecule has 2 saturated carbocycles. The third-order valence-corrected chi connectivity index (χ3v) is 7.74. The van der Waals surface area contributed by atoms with Gasteiger partial charge in [0, 0.05) is 11.6 Å². The standard InChI is InChI=1S/C22H28N2O4S/c25-22(24-19-10-7-16-4-1-2-5-18(16)14-19)17-8-11-21(12-9-17)29(26,27)23-15-20-6-3-13-28-20/h3,6,8-9,11-13,16,18-19,23H,1-2,4-5,7,10,14-15H2,(H,24,25)/t16-,18+,19-/m1/s1. The predicted molar refractivity (Wildman–Crippen MR) is 110 cm³/mol. The van der Waals surface area contributed by atoms with Gasteiger partial charge in [0.2, 0.25) is 10.0 Å². The van der Waals surface area contributed by atoms with Gasteiger partial charge in [-0.05, 0) is 67.5 Å². The minimum Gasteiger partial charge on any atom is -0.468 e. The van der Waals surface area contributed by atoms with Crippen LogP contribution in [0.25, 0.3) is 0 Å².